The molecule has 0 amide bonds. The van der Waals surface area contributed by atoms with E-state index in [0.29, 0.717) is 6.04 Å². The smallest absolute Gasteiger partial charge is 0.0679 e. The van der Waals surface area contributed by atoms with E-state index in [4.69, 9.17) is 0 Å². The van der Waals surface area contributed by atoms with E-state index in [1.165, 1.54) is 35.6 Å². The predicted octanol–water partition coefficient (Wildman–Crippen LogP) is 3.24. The Morgan fingerprint density at radius 3 is 3.05 bits per heavy atom. The van der Waals surface area contributed by atoms with E-state index in [-0.39, 0.29) is 0 Å². The molecule has 1 N–H and O–H groups in total. The quantitative estimate of drug-likeness (QED) is 0.927. The predicted molar refractivity (Wildman–Crippen MR) is 81.7 cm³/mol. The number of hydrogen-bond donors (Lipinski definition) is 1. The second-order valence-corrected chi connectivity index (χ2v) is 6.07. The van der Waals surface area contributed by atoms with Crippen LogP contribution in [0, 0.1) is 0 Å². The molecule has 1 aromatic carbocycles. The van der Waals surface area contributed by atoms with Gasteiger partial charge in [0, 0.05) is 29.9 Å². The average molecular weight is 273 g/mol. The van der Waals surface area contributed by atoms with Gasteiger partial charge < -0.3 is 5.32 Å². The molecule has 1 atom stereocenters. The number of aromatic nitrogens is 2. The van der Waals surface area contributed by atoms with Gasteiger partial charge in [0.05, 0.1) is 6.54 Å². The molecule has 2 heterocycles. The summed E-state index contributed by atoms with van der Waals surface area (Å²) in [5.74, 6) is 2.53. The molecule has 0 bridgehead atoms. The lowest BCUT2D eigenvalue weighted by atomic mass is 10.1. The first-order chi connectivity index (χ1) is 9.42. The first-order valence-electron chi connectivity index (χ1n) is 6.81. The van der Waals surface area contributed by atoms with E-state index >= 15 is 0 Å². The SMILES string of the molecule is c1ccc(NC2CCCSC2)c(Cn2cccn2)c1. The van der Waals surface area contributed by atoms with Crippen LogP contribution in [0.5, 0.6) is 0 Å². The van der Waals surface area contributed by atoms with Crippen LogP contribution in [-0.4, -0.2) is 27.3 Å². The normalized spacial score (nSPS) is 19.3. The summed E-state index contributed by atoms with van der Waals surface area (Å²) in [6, 6.07) is 11.1. The van der Waals surface area contributed by atoms with Crippen molar-refractivity contribution in [2.75, 3.05) is 16.8 Å². The van der Waals surface area contributed by atoms with Gasteiger partial charge in [-0.2, -0.15) is 16.9 Å². The van der Waals surface area contributed by atoms with Gasteiger partial charge in [-0.25, -0.2) is 0 Å². The number of thioether (sulfide) groups is 1. The van der Waals surface area contributed by atoms with Gasteiger partial charge in [0.25, 0.3) is 0 Å². The van der Waals surface area contributed by atoms with Crippen molar-refractivity contribution in [3.8, 4) is 0 Å². The second kappa shape index (κ2) is 6.15. The minimum atomic E-state index is 0.609. The summed E-state index contributed by atoms with van der Waals surface area (Å²) in [4.78, 5) is 0. The Morgan fingerprint density at radius 2 is 2.26 bits per heavy atom. The number of para-hydroxylation sites is 1. The minimum absolute atomic E-state index is 0.609. The highest BCUT2D eigenvalue weighted by Crippen LogP contribution is 2.23. The molecule has 1 saturated heterocycles. The zero-order chi connectivity index (χ0) is 12.9. The largest absolute Gasteiger partial charge is 0.381 e. The standard InChI is InChI=1S/C15H19N3S/c1-2-7-15(17-14-6-3-10-19-12-14)13(5-1)11-18-9-4-8-16-18/h1-2,4-5,7-9,14,17H,3,6,10-12H2. The van der Waals surface area contributed by atoms with Crippen LogP contribution in [0.2, 0.25) is 0 Å². The Bertz CT molecular complexity index is 504. The zero-order valence-corrected chi connectivity index (χ0v) is 11.8. The van der Waals surface area contributed by atoms with Gasteiger partial charge in [0.2, 0.25) is 0 Å². The second-order valence-electron chi connectivity index (χ2n) is 4.92. The molecule has 100 valence electrons. The Morgan fingerprint density at radius 1 is 1.32 bits per heavy atom. The Balaban J connectivity index is 1.73. The number of nitrogens with zero attached hydrogens (tertiary/aromatic N) is 2. The highest BCUT2D eigenvalue weighted by atomic mass is 32.2. The molecule has 19 heavy (non-hydrogen) atoms. The van der Waals surface area contributed by atoms with Crippen LogP contribution >= 0.6 is 11.8 Å². The van der Waals surface area contributed by atoms with E-state index in [0.717, 1.165) is 6.54 Å². The molecule has 0 radical (unpaired) electrons. The summed E-state index contributed by atoms with van der Waals surface area (Å²) < 4.78 is 1.97. The number of rotatable bonds is 4. The van der Waals surface area contributed by atoms with E-state index in [9.17, 15) is 0 Å². The third-order valence-corrected chi connectivity index (χ3v) is 4.64. The van der Waals surface area contributed by atoms with Crippen molar-refractivity contribution in [1.82, 2.24) is 9.78 Å². The molecule has 1 aliphatic heterocycles. The first kappa shape index (κ1) is 12.6. The van der Waals surface area contributed by atoms with E-state index in [2.05, 4.69) is 46.4 Å². The fraction of sp³-hybridized carbons (Fsp3) is 0.400. The zero-order valence-electron chi connectivity index (χ0n) is 11.0. The highest BCUT2D eigenvalue weighted by molar-refractivity contribution is 7.99. The van der Waals surface area contributed by atoms with Crippen LogP contribution in [0.4, 0.5) is 5.69 Å². The van der Waals surface area contributed by atoms with Crippen molar-refractivity contribution >= 4 is 17.4 Å². The van der Waals surface area contributed by atoms with Gasteiger partial charge in [-0.15, -0.1) is 0 Å². The maximum absolute atomic E-state index is 4.28. The molecule has 2 aromatic rings. The number of nitrogens with one attached hydrogen (secondary N) is 1. The summed E-state index contributed by atoms with van der Waals surface area (Å²) in [5.41, 5.74) is 2.56. The van der Waals surface area contributed by atoms with Gasteiger partial charge >= 0.3 is 0 Å². The van der Waals surface area contributed by atoms with Crippen molar-refractivity contribution in [1.29, 1.82) is 0 Å². The topological polar surface area (TPSA) is 29.9 Å². The average Bonchev–Trinajstić information content (AvgIpc) is 2.95. The number of anilines is 1. The van der Waals surface area contributed by atoms with Gasteiger partial charge in [0.15, 0.2) is 0 Å². The van der Waals surface area contributed by atoms with Crippen LogP contribution in [0.3, 0.4) is 0 Å². The maximum Gasteiger partial charge on any atom is 0.0679 e. The third kappa shape index (κ3) is 3.32. The lowest BCUT2D eigenvalue weighted by Crippen LogP contribution is -2.26. The molecule has 1 aliphatic rings. The van der Waals surface area contributed by atoms with Crippen LogP contribution < -0.4 is 5.32 Å². The highest BCUT2D eigenvalue weighted by Gasteiger charge is 2.14. The minimum Gasteiger partial charge on any atom is -0.381 e. The van der Waals surface area contributed by atoms with E-state index < -0.39 is 0 Å². The van der Waals surface area contributed by atoms with Crippen molar-refractivity contribution in [2.45, 2.75) is 25.4 Å². The monoisotopic (exact) mass is 273 g/mol. The Kier molecular flexibility index (Phi) is 4.08. The molecule has 0 saturated carbocycles. The Hall–Kier alpha value is -1.42. The van der Waals surface area contributed by atoms with Crippen LogP contribution in [-0.2, 0) is 6.54 Å². The fourth-order valence-electron chi connectivity index (χ4n) is 2.44. The summed E-state index contributed by atoms with van der Waals surface area (Å²) in [6.07, 6.45) is 6.44. The Labute approximate surface area is 118 Å². The van der Waals surface area contributed by atoms with Gasteiger partial charge in [0.1, 0.15) is 0 Å². The molecular weight excluding hydrogens is 254 g/mol. The van der Waals surface area contributed by atoms with Gasteiger partial charge in [-0.1, -0.05) is 18.2 Å². The molecule has 1 aromatic heterocycles. The molecule has 0 aliphatic carbocycles. The maximum atomic E-state index is 4.28. The molecule has 1 fully saturated rings. The molecule has 3 nitrogen and oxygen atoms in total. The van der Waals surface area contributed by atoms with Crippen molar-refractivity contribution in [3.63, 3.8) is 0 Å². The van der Waals surface area contributed by atoms with Crippen molar-refractivity contribution < 1.29 is 0 Å². The molecule has 4 heteroatoms. The van der Waals surface area contributed by atoms with Crippen molar-refractivity contribution in [2.24, 2.45) is 0 Å². The number of hydrogen-bond acceptors (Lipinski definition) is 3. The van der Waals surface area contributed by atoms with Crippen molar-refractivity contribution in [3.05, 3.63) is 48.3 Å². The lowest BCUT2D eigenvalue weighted by molar-refractivity contribution is 0.671. The summed E-state index contributed by atoms with van der Waals surface area (Å²) in [7, 11) is 0. The van der Waals surface area contributed by atoms with Gasteiger partial charge in [-0.05, 0) is 36.3 Å². The molecular formula is C15H19N3S. The van der Waals surface area contributed by atoms with Gasteiger partial charge in [-0.3, -0.25) is 4.68 Å². The van der Waals surface area contributed by atoms with E-state index in [1.54, 1.807) is 0 Å². The summed E-state index contributed by atoms with van der Waals surface area (Å²) in [6.45, 7) is 0.829. The van der Waals surface area contributed by atoms with E-state index in [1.807, 2.05) is 23.1 Å². The fourth-order valence-corrected chi connectivity index (χ4v) is 3.51. The van der Waals surface area contributed by atoms with Crippen LogP contribution in [0.25, 0.3) is 0 Å². The number of benzene rings is 1. The molecule has 0 spiro atoms. The summed E-state index contributed by atoms with van der Waals surface area (Å²) in [5, 5.41) is 7.98. The van der Waals surface area contributed by atoms with Crippen LogP contribution in [0.15, 0.2) is 42.7 Å². The first-order valence-corrected chi connectivity index (χ1v) is 7.97. The lowest BCUT2D eigenvalue weighted by Gasteiger charge is -2.25. The third-order valence-electron chi connectivity index (χ3n) is 3.43. The molecule has 1 unspecified atom stereocenters. The van der Waals surface area contributed by atoms with Crippen LogP contribution in [0.1, 0.15) is 18.4 Å². The summed E-state index contributed by atoms with van der Waals surface area (Å²) >= 11 is 2.05. The molecule has 3 rings (SSSR count).